The number of aromatic nitrogens is 6. The number of ether oxygens (including phenoxy) is 2. The highest BCUT2D eigenvalue weighted by Crippen LogP contribution is 2.54. The molecule has 0 aromatic carbocycles. The lowest BCUT2D eigenvalue weighted by molar-refractivity contribution is -0.0596. The van der Waals surface area contributed by atoms with E-state index in [1.807, 2.05) is 0 Å². The summed E-state index contributed by atoms with van der Waals surface area (Å²) in [5.74, 6) is -0.219. The zero-order valence-electron chi connectivity index (χ0n) is 22.3. The van der Waals surface area contributed by atoms with Gasteiger partial charge in [-0.3, -0.25) is 18.9 Å². The second kappa shape index (κ2) is 11.1. The Kier molecular flexibility index (Phi) is 7.63. The first-order valence-corrected chi connectivity index (χ1v) is 18.3. The van der Waals surface area contributed by atoms with Gasteiger partial charge in [-0.1, -0.05) is 0 Å². The van der Waals surface area contributed by atoms with Gasteiger partial charge >= 0.3 is 13.4 Å². The van der Waals surface area contributed by atoms with E-state index in [4.69, 9.17) is 62.6 Å². The van der Waals surface area contributed by atoms with Crippen molar-refractivity contribution in [1.29, 1.82) is 0 Å². The van der Waals surface area contributed by atoms with Crippen molar-refractivity contribution >= 4 is 70.9 Å². The molecule has 0 spiro atoms. The number of alkyl halides is 1. The summed E-state index contributed by atoms with van der Waals surface area (Å²) in [6.45, 7) is -9.13. The number of anilines is 2. The Balaban J connectivity index is 1.19. The van der Waals surface area contributed by atoms with Gasteiger partial charge in [0.05, 0.1) is 25.6 Å². The molecule has 9 atom stereocenters. The van der Waals surface area contributed by atoms with Gasteiger partial charge in [-0.05, 0) is 35.7 Å². The van der Waals surface area contributed by atoms with E-state index in [2.05, 4.69) is 19.9 Å². The minimum atomic E-state index is -4.19. The van der Waals surface area contributed by atoms with Gasteiger partial charge in [-0.2, -0.15) is 4.98 Å². The molecule has 17 nitrogen and oxygen atoms in total. The van der Waals surface area contributed by atoms with Crippen LogP contribution in [0.2, 0.25) is 0 Å². The first kappa shape index (κ1) is 30.2. The van der Waals surface area contributed by atoms with Crippen molar-refractivity contribution in [3.05, 3.63) is 41.2 Å². The van der Waals surface area contributed by atoms with Crippen molar-refractivity contribution in [2.45, 2.75) is 49.5 Å². The number of aromatic amines is 1. The van der Waals surface area contributed by atoms with Gasteiger partial charge in [-0.15, -0.1) is 0 Å². The van der Waals surface area contributed by atoms with Gasteiger partial charge in [-0.25, -0.2) is 14.4 Å². The van der Waals surface area contributed by atoms with Crippen LogP contribution in [-0.2, 0) is 51.2 Å². The molecule has 236 valence electrons. The Bertz CT molecular complexity index is 1910. The van der Waals surface area contributed by atoms with Crippen molar-refractivity contribution < 1.29 is 41.7 Å². The number of nitrogen functional groups attached to an aromatic ring is 2. The van der Waals surface area contributed by atoms with Crippen LogP contribution in [0.3, 0.4) is 0 Å². The molecule has 0 radical (unpaired) electrons. The van der Waals surface area contributed by atoms with Gasteiger partial charge in [0.2, 0.25) is 5.95 Å². The van der Waals surface area contributed by atoms with E-state index in [0.29, 0.717) is 16.7 Å². The molecule has 2 bridgehead atoms. The number of halogens is 1. The molecule has 3 aliphatic rings. The maximum Gasteiger partial charge on any atom is 0.325 e. The number of H-pyrrole nitrogens is 1. The fourth-order valence-electron chi connectivity index (χ4n) is 5.46. The molecule has 22 heteroatoms. The second-order valence-corrected chi connectivity index (χ2v) is 15.8. The minimum Gasteiger partial charge on any atom is -0.398 e. The fourth-order valence-corrected chi connectivity index (χ4v) is 8.34. The van der Waals surface area contributed by atoms with Crippen LogP contribution in [0.1, 0.15) is 18.9 Å². The van der Waals surface area contributed by atoms with Crippen LogP contribution in [0.15, 0.2) is 35.6 Å². The predicted octanol–water partition coefficient (Wildman–Crippen LogP) is 1.11. The lowest BCUT2D eigenvalue weighted by Gasteiger charge is -2.27. The van der Waals surface area contributed by atoms with Crippen LogP contribution in [-0.4, -0.2) is 82.7 Å². The summed E-state index contributed by atoms with van der Waals surface area (Å²) in [6, 6.07) is 3.46. The third-order valence-corrected chi connectivity index (χ3v) is 10.6. The lowest BCUT2D eigenvalue weighted by Crippen LogP contribution is -2.32. The maximum absolute atomic E-state index is 15.9. The summed E-state index contributed by atoms with van der Waals surface area (Å²) >= 11 is 10.5. The number of pyridine rings is 1. The largest absolute Gasteiger partial charge is 0.398 e. The second-order valence-electron chi connectivity index (χ2n) is 10.3. The highest BCUT2D eigenvalue weighted by atomic mass is 32.5. The van der Waals surface area contributed by atoms with E-state index in [1.165, 1.54) is 10.9 Å². The maximum atomic E-state index is 15.9. The van der Waals surface area contributed by atoms with Crippen molar-refractivity contribution in [2.24, 2.45) is 0 Å². The summed E-state index contributed by atoms with van der Waals surface area (Å²) in [5, 5.41) is 0.712. The van der Waals surface area contributed by atoms with Crippen LogP contribution < -0.4 is 17.0 Å². The molecule has 3 aliphatic heterocycles. The van der Waals surface area contributed by atoms with E-state index in [-0.39, 0.29) is 30.1 Å². The highest BCUT2D eigenvalue weighted by molar-refractivity contribution is 8.07. The number of nitrogens with two attached hydrogens (primary N) is 2. The van der Waals surface area contributed by atoms with Crippen LogP contribution in [0.25, 0.3) is 22.2 Å². The summed E-state index contributed by atoms with van der Waals surface area (Å²) in [4.78, 5) is 49.1. The van der Waals surface area contributed by atoms with Gasteiger partial charge in [0.25, 0.3) is 5.56 Å². The number of nitrogens with one attached hydrogen (secondary N) is 1. The Morgan fingerprint density at radius 1 is 1.00 bits per heavy atom. The molecular weight excluding hydrogens is 665 g/mol. The number of imidazole rings is 1. The Hall–Kier alpha value is -2.45. The summed E-state index contributed by atoms with van der Waals surface area (Å²) < 4.78 is 53.5. The minimum absolute atomic E-state index is 0.0375. The highest BCUT2D eigenvalue weighted by Gasteiger charge is 2.51. The molecule has 0 aliphatic carbocycles. The first-order chi connectivity index (χ1) is 20.9. The van der Waals surface area contributed by atoms with Gasteiger partial charge in [0.1, 0.15) is 30.2 Å². The first-order valence-electron chi connectivity index (χ1n) is 13.1. The molecule has 7 rings (SSSR count). The summed E-state index contributed by atoms with van der Waals surface area (Å²) in [6.07, 6.45) is -4.12. The topological polar surface area (TPSA) is 229 Å². The Labute approximate surface area is 256 Å². The van der Waals surface area contributed by atoms with Crippen LogP contribution in [0.5, 0.6) is 0 Å². The molecule has 3 saturated heterocycles. The van der Waals surface area contributed by atoms with Crippen LogP contribution >= 0.6 is 13.4 Å². The van der Waals surface area contributed by atoms with E-state index in [1.54, 1.807) is 29.1 Å². The van der Waals surface area contributed by atoms with Crippen molar-refractivity contribution in [2.75, 3.05) is 24.7 Å². The molecule has 3 fully saturated rings. The van der Waals surface area contributed by atoms with E-state index < -0.39 is 68.6 Å². The number of rotatable bonds is 2. The zero-order valence-corrected chi connectivity index (χ0v) is 25.7. The summed E-state index contributed by atoms with van der Waals surface area (Å²) in [7, 11) is 0. The monoisotopic (exact) mass is 690 g/mol. The van der Waals surface area contributed by atoms with Gasteiger partial charge in [0.15, 0.2) is 23.6 Å². The molecule has 7 N–H and O–H groups in total. The average molecular weight is 691 g/mol. The van der Waals surface area contributed by atoms with Crippen molar-refractivity contribution in [3.63, 3.8) is 0 Å². The average Bonchev–Trinajstić information content (AvgIpc) is 3.72. The van der Waals surface area contributed by atoms with E-state index in [9.17, 15) is 14.6 Å². The van der Waals surface area contributed by atoms with Crippen LogP contribution in [0.4, 0.5) is 16.0 Å². The SMILES string of the molecule is Nc1nc2c(ncn2[C@@H]2O[C@@H]3COP(O)(=S)O[C@H]4C[C@H](n5ccc6c(N)ccnc65)O[C@@H]4COP(O)(=S)O[C@@H]2[C@@H]3F)c(=O)[nH]1. The molecule has 7 heterocycles. The molecule has 44 heavy (non-hydrogen) atoms. The lowest BCUT2D eigenvalue weighted by atomic mass is 10.1. The van der Waals surface area contributed by atoms with Crippen molar-refractivity contribution in [1.82, 2.24) is 29.1 Å². The standard InChI is InChI=1S/C22H25FN8O9P2S2/c23-15-13-7-36-41(33,43)39-11-5-14(30-4-2-9-10(24)1-3-26-18(9)30)37-12(11)6-35-42(34,44)40-17(15)21(38-13)31-8-27-16-19(31)28-22(25)29-20(16)32/h1-4,8,11-15,17,21H,5-7H2,(H2,24,26)(H,33,43)(H,34,44)(H3,25,28,29,32)/t11-,12+,13+,14+,15+,17+,21+,41?,42?/m0/s1. The molecule has 2 unspecified atom stereocenters. The number of fused-ring (bicyclic) bond motifs is 5. The molecule has 4 aromatic heterocycles. The molecular formula is C22H25FN8O9P2S2. The molecule has 0 saturated carbocycles. The third kappa shape index (κ3) is 5.48. The number of hydrogen-bond donors (Lipinski definition) is 5. The molecule has 0 amide bonds. The normalized spacial score (nSPS) is 36.6. The summed E-state index contributed by atoms with van der Waals surface area (Å²) in [5.41, 5.74) is 12.1. The van der Waals surface area contributed by atoms with Crippen LogP contribution in [0, 0.1) is 0 Å². The predicted molar refractivity (Wildman–Crippen MR) is 159 cm³/mol. The van der Waals surface area contributed by atoms with Crippen molar-refractivity contribution in [3.8, 4) is 0 Å². The number of hydrogen-bond acceptors (Lipinski definition) is 14. The van der Waals surface area contributed by atoms with Gasteiger partial charge < -0.3 is 48.9 Å². The fraction of sp³-hybridized carbons (Fsp3) is 0.455. The number of nitrogens with zero attached hydrogens (tertiary/aromatic N) is 5. The molecule has 4 aromatic rings. The quantitative estimate of drug-likeness (QED) is 0.186. The third-order valence-electron chi connectivity index (χ3n) is 7.46. The zero-order chi connectivity index (χ0) is 31.0. The van der Waals surface area contributed by atoms with E-state index in [0.717, 1.165) is 0 Å². The smallest absolute Gasteiger partial charge is 0.325 e. The van der Waals surface area contributed by atoms with Gasteiger partial charge in [0, 0.05) is 29.9 Å². The Morgan fingerprint density at radius 2 is 1.75 bits per heavy atom. The van der Waals surface area contributed by atoms with E-state index >= 15 is 4.39 Å². The Morgan fingerprint density at radius 3 is 2.55 bits per heavy atom.